The lowest BCUT2D eigenvalue weighted by Gasteiger charge is -2.21. The topological polar surface area (TPSA) is 58.6 Å². The second kappa shape index (κ2) is 3.45. The monoisotopic (exact) mass is 193 g/mol. The minimum Gasteiger partial charge on any atom is -0.481 e. The number of aliphatic carboxylic acids is 1. The molecule has 4 heteroatoms. The Morgan fingerprint density at radius 2 is 2.29 bits per heavy atom. The Morgan fingerprint density at radius 1 is 1.57 bits per heavy atom. The standard InChI is InChI=1S/C10H11NO3/c1-2-5-11-9-7-4-3-6(14-7)8(9)10(12)13/h1,3-4,6-9,11H,5H2,(H,12,13). The maximum atomic E-state index is 11.0. The summed E-state index contributed by atoms with van der Waals surface area (Å²) in [6.45, 7) is 0.370. The van der Waals surface area contributed by atoms with Crippen molar-refractivity contribution in [1.29, 1.82) is 0 Å². The third-order valence-electron chi connectivity index (χ3n) is 2.62. The van der Waals surface area contributed by atoms with Crippen molar-refractivity contribution in [3.8, 4) is 12.3 Å². The first-order valence-corrected chi connectivity index (χ1v) is 4.47. The van der Waals surface area contributed by atoms with Crippen LogP contribution in [-0.4, -0.2) is 35.9 Å². The van der Waals surface area contributed by atoms with Gasteiger partial charge in [0.25, 0.3) is 0 Å². The first kappa shape index (κ1) is 9.25. The van der Waals surface area contributed by atoms with E-state index >= 15 is 0 Å². The molecule has 4 nitrogen and oxygen atoms in total. The van der Waals surface area contributed by atoms with E-state index in [9.17, 15) is 4.79 Å². The number of fused-ring (bicyclic) bond motifs is 2. The average molecular weight is 193 g/mol. The first-order chi connectivity index (χ1) is 6.74. The highest BCUT2D eigenvalue weighted by Gasteiger charge is 2.49. The quantitative estimate of drug-likeness (QED) is 0.473. The average Bonchev–Trinajstić information content (AvgIpc) is 2.72. The highest BCUT2D eigenvalue weighted by Crippen LogP contribution is 2.34. The van der Waals surface area contributed by atoms with Crippen LogP contribution in [0.4, 0.5) is 0 Å². The molecule has 4 atom stereocenters. The number of hydrogen-bond acceptors (Lipinski definition) is 3. The van der Waals surface area contributed by atoms with E-state index in [0.717, 1.165) is 0 Å². The number of nitrogens with one attached hydrogen (secondary N) is 1. The van der Waals surface area contributed by atoms with Crippen LogP contribution in [0.2, 0.25) is 0 Å². The van der Waals surface area contributed by atoms with Crippen LogP contribution in [0.25, 0.3) is 0 Å². The summed E-state index contributed by atoms with van der Waals surface area (Å²) in [4.78, 5) is 11.0. The van der Waals surface area contributed by atoms with Crippen molar-refractivity contribution < 1.29 is 14.6 Å². The van der Waals surface area contributed by atoms with E-state index in [1.807, 2.05) is 6.08 Å². The summed E-state index contributed by atoms with van der Waals surface area (Å²) in [5, 5.41) is 12.0. The van der Waals surface area contributed by atoms with Crippen LogP contribution >= 0.6 is 0 Å². The molecule has 2 N–H and O–H groups in total. The predicted molar refractivity (Wildman–Crippen MR) is 49.6 cm³/mol. The second-order valence-corrected chi connectivity index (χ2v) is 3.43. The van der Waals surface area contributed by atoms with Crippen LogP contribution in [0.1, 0.15) is 0 Å². The van der Waals surface area contributed by atoms with Gasteiger partial charge in [-0.15, -0.1) is 6.42 Å². The molecule has 14 heavy (non-hydrogen) atoms. The SMILES string of the molecule is C#CCNC1C2C=CC(O2)C1C(=O)O. The molecule has 0 aromatic heterocycles. The molecule has 1 fully saturated rings. The summed E-state index contributed by atoms with van der Waals surface area (Å²) >= 11 is 0. The molecule has 0 aromatic carbocycles. The lowest BCUT2D eigenvalue weighted by Crippen LogP contribution is -2.45. The van der Waals surface area contributed by atoms with Crippen molar-refractivity contribution in [1.82, 2.24) is 5.32 Å². The van der Waals surface area contributed by atoms with Gasteiger partial charge in [0, 0.05) is 0 Å². The van der Waals surface area contributed by atoms with E-state index in [-0.39, 0.29) is 18.2 Å². The molecular weight excluding hydrogens is 182 g/mol. The Labute approximate surface area is 81.9 Å². The van der Waals surface area contributed by atoms with Gasteiger partial charge in [-0.2, -0.15) is 0 Å². The number of ether oxygens (including phenoxy) is 1. The van der Waals surface area contributed by atoms with Gasteiger partial charge in [-0.25, -0.2) is 0 Å². The molecule has 0 saturated carbocycles. The normalized spacial score (nSPS) is 38.5. The van der Waals surface area contributed by atoms with Gasteiger partial charge in [-0.05, 0) is 0 Å². The lowest BCUT2D eigenvalue weighted by molar-refractivity contribution is -0.143. The third-order valence-corrected chi connectivity index (χ3v) is 2.62. The molecule has 0 aromatic rings. The first-order valence-electron chi connectivity index (χ1n) is 4.47. The van der Waals surface area contributed by atoms with Crippen LogP contribution in [0, 0.1) is 18.3 Å². The minimum atomic E-state index is -0.837. The molecule has 2 bridgehead atoms. The largest absolute Gasteiger partial charge is 0.481 e. The van der Waals surface area contributed by atoms with Gasteiger partial charge in [-0.1, -0.05) is 18.1 Å². The Balaban J connectivity index is 2.11. The van der Waals surface area contributed by atoms with Crippen molar-refractivity contribution in [2.75, 3.05) is 6.54 Å². The van der Waals surface area contributed by atoms with Crippen molar-refractivity contribution in [2.24, 2.45) is 5.92 Å². The smallest absolute Gasteiger partial charge is 0.311 e. The lowest BCUT2D eigenvalue weighted by atomic mass is 9.89. The third kappa shape index (κ3) is 1.31. The van der Waals surface area contributed by atoms with Crippen molar-refractivity contribution >= 4 is 5.97 Å². The van der Waals surface area contributed by atoms with Crippen LogP contribution < -0.4 is 5.32 Å². The van der Waals surface area contributed by atoms with E-state index in [4.69, 9.17) is 16.3 Å². The molecule has 2 aliphatic rings. The molecule has 74 valence electrons. The number of rotatable bonds is 3. The van der Waals surface area contributed by atoms with Crippen molar-refractivity contribution in [3.05, 3.63) is 12.2 Å². The summed E-state index contributed by atoms with van der Waals surface area (Å²) < 4.78 is 5.43. The van der Waals surface area contributed by atoms with Crippen LogP contribution in [0.3, 0.4) is 0 Å². The summed E-state index contributed by atoms with van der Waals surface area (Å²) in [7, 11) is 0. The molecule has 0 spiro atoms. The molecule has 2 aliphatic heterocycles. The van der Waals surface area contributed by atoms with Crippen LogP contribution in [0.15, 0.2) is 12.2 Å². The summed E-state index contributed by atoms with van der Waals surface area (Å²) in [6, 6.07) is -0.196. The Bertz CT molecular complexity index is 318. The van der Waals surface area contributed by atoms with Gasteiger partial charge in [0.15, 0.2) is 0 Å². The van der Waals surface area contributed by atoms with Gasteiger partial charge < -0.3 is 9.84 Å². The number of carbonyl (C=O) groups is 1. The fourth-order valence-corrected chi connectivity index (χ4v) is 2.02. The summed E-state index contributed by atoms with van der Waals surface area (Å²) in [5.41, 5.74) is 0. The Kier molecular flexibility index (Phi) is 2.28. The number of terminal acetylenes is 1. The van der Waals surface area contributed by atoms with E-state index in [1.54, 1.807) is 6.08 Å². The number of carboxylic acid groups (broad SMARTS) is 1. The molecular formula is C10H11NO3. The highest BCUT2D eigenvalue weighted by molar-refractivity contribution is 5.73. The minimum absolute atomic E-state index is 0.144. The molecule has 1 saturated heterocycles. The van der Waals surface area contributed by atoms with Gasteiger partial charge in [0.05, 0.1) is 24.8 Å². The van der Waals surface area contributed by atoms with E-state index in [0.29, 0.717) is 6.54 Å². The van der Waals surface area contributed by atoms with Gasteiger partial charge in [0.2, 0.25) is 0 Å². The molecule has 0 aliphatic carbocycles. The van der Waals surface area contributed by atoms with E-state index < -0.39 is 11.9 Å². The van der Waals surface area contributed by atoms with Crippen LogP contribution in [0.5, 0.6) is 0 Å². The summed E-state index contributed by atoms with van der Waals surface area (Å²) in [6.07, 6.45) is 8.36. The van der Waals surface area contributed by atoms with Gasteiger partial charge >= 0.3 is 5.97 Å². The zero-order chi connectivity index (χ0) is 10.1. The van der Waals surface area contributed by atoms with Crippen molar-refractivity contribution in [3.63, 3.8) is 0 Å². The Morgan fingerprint density at radius 3 is 2.93 bits per heavy atom. The highest BCUT2D eigenvalue weighted by atomic mass is 16.5. The molecule has 2 heterocycles. The van der Waals surface area contributed by atoms with E-state index in [1.165, 1.54) is 0 Å². The van der Waals surface area contributed by atoms with Crippen LogP contribution in [-0.2, 0) is 9.53 Å². The molecule has 0 amide bonds. The molecule has 0 radical (unpaired) electrons. The maximum absolute atomic E-state index is 11.0. The zero-order valence-corrected chi connectivity index (χ0v) is 7.51. The second-order valence-electron chi connectivity index (χ2n) is 3.43. The maximum Gasteiger partial charge on any atom is 0.311 e. The molecule has 4 unspecified atom stereocenters. The number of carboxylic acids is 1. The predicted octanol–water partition coefficient (Wildman–Crippen LogP) is -0.384. The van der Waals surface area contributed by atoms with E-state index in [2.05, 4.69) is 11.2 Å². The fraction of sp³-hybridized carbons (Fsp3) is 0.500. The van der Waals surface area contributed by atoms with Crippen molar-refractivity contribution in [2.45, 2.75) is 18.2 Å². The number of hydrogen-bond donors (Lipinski definition) is 2. The van der Waals surface area contributed by atoms with Gasteiger partial charge in [-0.3, -0.25) is 10.1 Å². The Hall–Kier alpha value is -1.31. The molecule has 2 rings (SSSR count). The summed E-state index contributed by atoms with van der Waals surface area (Å²) in [5.74, 6) is 1.08. The van der Waals surface area contributed by atoms with Gasteiger partial charge in [0.1, 0.15) is 5.92 Å². The zero-order valence-electron chi connectivity index (χ0n) is 7.51. The fourth-order valence-electron chi connectivity index (χ4n) is 2.02.